The quantitative estimate of drug-likeness (QED) is 0.391. The first-order chi connectivity index (χ1) is 13.4. The summed E-state index contributed by atoms with van der Waals surface area (Å²) < 4.78 is 10.5. The molecule has 1 amide bonds. The third kappa shape index (κ3) is 3.98. The van der Waals surface area contributed by atoms with Crippen molar-refractivity contribution in [3.8, 4) is 0 Å². The van der Waals surface area contributed by atoms with Crippen molar-refractivity contribution >= 4 is 34.4 Å². The van der Waals surface area contributed by atoms with E-state index in [9.17, 15) is 19.7 Å². The molecule has 1 N–H and O–H groups in total. The number of nitro benzene ring substituents is 1. The number of anilines is 1. The number of ether oxygens (including phenoxy) is 1. The highest BCUT2D eigenvalue weighted by atomic mass is 16.6. The number of oxazole rings is 1. The van der Waals surface area contributed by atoms with Crippen LogP contribution >= 0.6 is 0 Å². The fourth-order valence-corrected chi connectivity index (χ4v) is 2.57. The number of aromatic nitrogens is 1. The van der Waals surface area contributed by atoms with Crippen molar-refractivity contribution in [2.75, 3.05) is 5.32 Å². The van der Waals surface area contributed by atoms with E-state index in [1.165, 1.54) is 36.7 Å². The van der Waals surface area contributed by atoms with E-state index < -0.39 is 22.9 Å². The first-order valence-corrected chi connectivity index (χ1v) is 8.49. The first-order valence-electron chi connectivity index (χ1n) is 8.49. The van der Waals surface area contributed by atoms with Crippen LogP contribution in [0, 0.1) is 17.0 Å². The van der Waals surface area contributed by atoms with Gasteiger partial charge in [-0.15, -0.1) is 0 Å². The zero-order valence-corrected chi connectivity index (χ0v) is 15.2. The molecule has 0 aliphatic rings. The summed E-state index contributed by atoms with van der Waals surface area (Å²) in [5.41, 5.74) is 2.04. The number of carbonyl (C=O) groups excluding carboxylic acids is 2. The van der Waals surface area contributed by atoms with Gasteiger partial charge in [-0.2, -0.15) is 0 Å². The number of carbonyl (C=O) groups is 2. The molecule has 1 heterocycles. The first kappa shape index (κ1) is 19.0. The van der Waals surface area contributed by atoms with Crippen LogP contribution < -0.4 is 5.32 Å². The van der Waals surface area contributed by atoms with Gasteiger partial charge in [-0.1, -0.05) is 13.0 Å². The monoisotopic (exact) mass is 383 g/mol. The molecule has 0 spiro atoms. The molecule has 28 heavy (non-hydrogen) atoms. The van der Waals surface area contributed by atoms with E-state index in [4.69, 9.17) is 9.15 Å². The van der Waals surface area contributed by atoms with Gasteiger partial charge in [-0.25, -0.2) is 9.78 Å². The average Bonchev–Trinajstić information content (AvgIpc) is 3.15. The summed E-state index contributed by atoms with van der Waals surface area (Å²) in [6.07, 6.45) is 0.441. The minimum atomic E-state index is -1.06. The van der Waals surface area contributed by atoms with Crippen LogP contribution in [0.25, 0.3) is 11.1 Å². The standard InChI is InChI=1S/C19H17N3O6/c1-3-16(18(23)21-15-9-13(22(25)26)6-4-11(15)2)28-19(24)12-5-7-14-17(8-12)27-10-20-14/h4-10,16H,3H2,1-2H3,(H,21,23). The summed E-state index contributed by atoms with van der Waals surface area (Å²) in [6.45, 7) is 3.40. The number of nitrogens with zero attached hydrogens (tertiary/aromatic N) is 2. The summed E-state index contributed by atoms with van der Waals surface area (Å²) in [5, 5.41) is 13.5. The molecular weight excluding hydrogens is 366 g/mol. The molecule has 1 unspecified atom stereocenters. The molecule has 9 nitrogen and oxygen atoms in total. The van der Waals surface area contributed by atoms with E-state index in [2.05, 4.69) is 10.3 Å². The largest absolute Gasteiger partial charge is 0.449 e. The number of aryl methyl sites for hydroxylation is 1. The van der Waals surface area contributed by atoms with Gasteiger partial charge in [0.1, 0.15) is 5.52 Å². The molecule has 0 aliphatic carbocycles. The van der Waals surface area contributed by atoms with Gasteiger partial charge in [0.2, 0.25) is 0 Å². The van der Waals surface area contributed by atoms with Crippen molar-refractivity contribution in [1.82, 2.24) is 4.98 Å². The Morgan fingerprint density at radius 3 is 2.79 bits per heavy atom. The van der Waals surface area contributed by atoms with Gasteiger partial charge in [0.15, 0.2) is 18.1 Å². The highest BCUT2D eigenvalue weighted by Crippen LogP contribution is 2.23. The number of hydrogen-bond donors (Lipinski definition) is 1. The number of amides is 1. The lowest BCUT2D eigenvalue weighted by Gasteiger charge is -2.17. The van der Waals surface area contributed by atoms with E-state index in [1.807, 2.05) is 0 Å². The Bertz CT molecular complexity index is 1060. The van der Waals surface area contributed by atoms with E-state index in [1.54, 1.807) is 19.9 Å². The molecule has 2 aromatic carbocycles. The zero-order valence-electron chi connectivity index (χ0n) is 15.2. The molecule has 0 aliphatic heterocycles. The fourth-order valence-electron chi connectivity index (χ4n) is 2.57. The van der Waals surface area contributed by atoms with Crippen LogP contribution in [0.15, 0.2) is 47.2 Å². The van der Waals surface area contributed by atoms with Crippen molar-refractivity contribution < 1.29 is 23.7 Å². The second kappa shape index (κ2) is 7.87. The number of nitrogens with one attached hydrogen (secondary N) is 1. The molecule has 1 atom stereocenters. The maximum Gasteiger partial charge on any atom is 0.339 e. The minimum absolute atomic E-state index is 0.147. The topological polar surface area (TPSA) is 125 Å². The van der Waals surface area contributed by atoms with E-state index in [0.29, 0.717) is 16.7 Å². The number of fused-ring (bicyclic) bond motifs is 1. The third-order valence-electron chi connectivity index (χ3n) is 4.17. The van der Waals surface area contributed by atoms with Gasteiger partial charge in [0, 0.05) is 12.1 Å². The summed E-state index contributed by atoms with van der Waals surface area (Å²) in [4.78, 5) is 39.3. The lowest BCUT2D eigenvalue weighted by molar-refractivity contribution is -0.384. The highest BCUT2D eigenvalue weighted by Gasteiger charge is 2.23. The average molecular weight is 383 g/mol. The van der Waals surface area contributed by atoms with E-state index in [0.717, 1.165) is 0 Å². The van der Waals surface area contributed by atoms with Crippen LogP contribution in [0.3, 0.4) is 0 Å². The minimum Gasteiger partial charge on any atom is -0.449 e. The molecule has 1 aromatic heterocycles. The molecule has 0 bridgehead atoms. The van der Waals surface area contributed by atoms with Gasteiger partial charge < -0.3 is 14.5 Å². The van der Waals surface area contributed by atoms with Gasteiger partial charge in [0.05, 0.1) is 16.2 Å². The molecule has 3 aromatic rings. The summed E-state index contributed by atoms with van der Waals surface area (Å²) >= 11 is 0. The second-order valence-electron chi connectivity index (χ2n) is 6.08. The van der Waals surface area contributed by atoms with Crippen molar-refractivity contribution in [3.05, 3.63) is 64.0 Å². The Balaban J connectivity index is 1.73. The Morgan fingerprint density at radius 1 is 1.29 bits per heavy atom. The maximum atomic E-state index is 12.5. The van der Waals surface area contributed by atoms with Gasteiger partial charge in [-0.05, 0) is 37.1 Å². The van der Waals surface area contributed by atoms with Gasteiger partial charge >= 0.3 is 5.97 Å². The van der Waals surface area contributed by atoms with E-state index >= 15 is 0 Å². The fraction of sp³-hybridized carbons (Fsp3) is 0.211. The third-order valence-corrected chi connectivity index (χ3v) is 4.17. The predicted molar refractivity (Wildman–Crippen MR) is 100.0 cm³/mol. The number of non-ortho nitro benzene ring substituents is 1. The Morgan fingerprint density at radius 2 is 2.07 bits per heavy atom. The van der Waals surface area contributed by atoms with Crippen LogP contribution in [0.4, 0.5) is 11.4 Å². The number of esters is 1. The number of nitro groups is 1. The van der Waals surface area contributed by atoms with Crippen molar-refractivity contribution in [2.45, 2.75) is 26.4 Å². The van der Waals surface area contributed by atoms with Crippen LogP contribution in [0.2, 0.25) is 0 Å². The normalized spacial score (nSPS) is 11.8. The van der Waals surface area contributed by atoms with Crippen molar-refractivity contribution in [1.29, 1.82) is 0 Å². The molecule has 0 radical (unpaired) electrons. The predicted octanol–water partition coefficient (Wildman–Crippen LogP) is 3.62. The van der Waals surface area contributed by atoms with E-state index in [-0.39, 0.29) is 23.4 Å². The molecule has 0 saturated carbocycles. The smallest absolute Gasteiger partial charge is 0.339 e. The maximum absolute atomic E-state index is 12.5. The van der Waals surface area contributed by atoms with Gasteiger partial charge in [0.25, 0.3) is 11.6 Å². The van der Waals surface area contributed by atoms with Crippen LogP contribution in [0.1, 0.15) is 29.3 Å². The van der Waals surface area contributed by atoms with Crippen LogP contribution in [-0.2, 0) is 9.53 Å². The lowest BCUT2D eigenvalue weighted by Crippen LogP contribution is -2.32. The van der Waals surface area contributed by atoms with Crippen molar-refractivity contribution in [3.63, 3.8) is 0 Å². The van der Waals surface area contributed by atoms with Crippen LogP contribution in [0.5, 0.6) is 0 Å². The molecule has 0 saturated heterocycles. The van der Waals surface area contributed by atoms with Crippen molar-refractivity contribution in [2.24, 2.45) is 0 Å². The second-order valence-corrected chi connectivity index (χ2v) is 6.08. The Kier molecular flexibility index (Phi) is 5.35. The molecule has 3 rings (SSSR count). The number of benzene rings is 2. The molecule has 144 valence electrons. The lowest BCUT2D eigenvalue weighted by atomic mass is 10.1. The Labute approximate surface area is 159 Å². The molecular formula is C19H17N3O6. The Hall–Kier alpha value is -3.75. The summed E-state index contributed by atoms with van der Waals surface area (Å²) in [5.74, 6) is -1.25. The number of hydrogen-bond acceptors (Lipinski definition) is 7. The zero-order chi connectivity index (χ0) is 20.3. The number of rotatable bonds is 6. The van der Waals surface area contributed by atoms with Gasteiger partial charge in [-0.3, -0.25) is 14.9 Å². The highest BCUT2D eigenvalue weighted by molar-refractivity contribution is 5.99. The molecule has 9 heteroatoms. The molecule has 0 fully saturated rings. The SMILES string of the molecule is CCC(OC(=O)c1ccc2ncoc2c1)C(=O)Nc1cc([N+](=O)[O-])ccc1C. The summed E-state index contributed by atoms with van der Waals surface area (Å²) in [7, 11) is 0. The summed E-state index contributed by atoms with van der Waals surface area (Å²) in [6, 6.07) is 8.78. The van der Waals surface area contributed by atoms with Crippen LogP contribution in [-0.4, -0.2) is 27.9 Å².